The number of aliphatic hydroxyl groups excluding tert-OH is 1. The highest BCUT2D eigenvalue weighted by Gasteiger charge is 2.30. The predicted octanol–water partition coefficient (Wildman–Crippen LogP) is 0.980. The molecule has 1 aliphatic heterocycles. The van der Waals surface area contributed by atoms with Crippen molar-refractivity contribution >= 4 is 23.6 Å². The predicted molar refractivity (Wildman–Crippen MR) is 94.0 cm³/mol. The summed E-state index contributed by atoms with van der Waals surface area (Å²) < 4.78 is 5.19. The lowest BCUT2D eigenvalue weighted by atomic mass is 10.1. The lowest BCUT2D eigenvalue weighted by molar-refractivity contribution is -0.150. The van der Waals surface area contributed by atoms with E-state index < -0.39 is 6.10 Å². The van der Waals surface area contributed by atoms with Gasteiger partial charge in [0.15, 0.2) is 0 Å². The molecule has 0 aromatic heterocycles. The van der Waals surface area contributed by atoms with E-state index in [1.54, 1.807) is 23.8 Å². The molecule has 7 heteroatoms. The van der Waals surface area contributed by atoms with Crippen molar-refractivity contribution in [1.29, 1.82) is 0 Å². The van der Waals surface area contributed by atoms with Gasteiger partial charge in [0, 0.05) is 19.6 Å². The summed E-state index contributed by atoms with van der Waals surface area (Å²) in [4.78, 5) is 27.7. The Kier molecular flexibility index (Phi) is 6.93. The van der Waals surface area contributed by atoms with Gasteiger partial charge in [0.05, 0.1) is 13.7 Å². The van der Waals surface area contributed by atoms with Gasteiger partial charge >= 0.3 is 0 Å². The summed E-state index contributed by atoms with van der Waals surface area (Å²) in [6, 6.07) is 7.59. The summed E-state index contributed by atoms with van der Waals surface area (Å²) in [5, 5.41) is 9.90. The van der Waals surface area contributed by atoms with Gasteiger partial charge in [0.2, 0.25) is 5.91 Å². The van der Waals surface area contributed by atoms with Crippen LogP contribution in [0.25, 0.3) is 0 Å². The lowest BCUT2D eigenvalue weighted by Crippen LogP contribution is -2.54. The van der Waals surface area contributed by atoms with Crippen molar-refractivity contribution < 1.29 is 19.4 Å². The molecule has 1 aromatic rings. The number of methoxy groups -OCH3 is 1. The molecule has 1 aliphatic rings. The van der Waals surface area contributed by atoms with Gasteiger partial charge in [-0.1, -0.05) is 12.1 Å². The van der Waals surface area contributed by atoms with E-state index in [2.05, 4.69) is 0 Å². The Morgan fingerprint density at radius 1 is 1.42 bits per heavy atom. The Hall–Kier alpha value is -1.73. The van der Waals surface area contributed by atoms with Gasteiger partial charge < -0.3 is 19.6 Å². The van der Waals surface area contributed by atoms with Crippen molar-refractivity contribution in [2.75, 3.05) is 38.8 Å². The number of amides is 2. The summed E-state index contributed by atoms with van der Waals surface area (Å²) >= 11 is 1.58. The smallest absolute Gasteiger partial charge is 0.251 e. The van der Waals surface area contributed by atoms with E-state index in [1.807, 2.05) is 30.5 Å². The number of aliphatic hydroxyl groups is 1. The van der Waals surface area contributed by atoms with E-state index in [0.717, 1.165) is 17.1 Å². The van der Waals surface area contributed by atoms with Gasteiger partial charge in [-0.3, -0.25) is 9.59 Å². The fourth-order valence-corrected chi connectivity index (χ4v) is 3.08. The first-order valence-electron chi connectivity index (χ1n) is 7.91. The Morgan fingerprint density at radius 2 is 2.21 bits per heavy atom. The highest BCUT2D eigenvalue weighted by Crippen LogP contribution is 2.16. The number of nitrogens with zero attached hydrogens (tertiary/aromatic N) is 2. The second-order valence-electron chi connectivity index (χ2n) is 5.72. The maximum atomic E-state index is 12.3. The Labute approximate surface area is 146 Å². The molecule has 0 spiro atoms. The number of benzene rings is 1. The molecular formula is C17H24N2O4S. The molecule has 0 aliphatic carbocycles. The van der Waals surface area contributed by atoms with Crippen molar-refractivity contribution in [2.24, 2.45) is 0 Å². The van der Waals surface area contributed by atoms with Crippen LogP contribution in [-0.4, -0.2) is 71.6 Å². The second kappa shape index (κ2) is 8.94. The number of thioether (sulfide) groups is 1. The lowest BCUT2D eigenvalue weighted by Gasteiger charge is -2.35. The topological polar surface area (TPSA) is 70.1 Å². The SMILES string of the molecule is COc1cccc(CN2CCN(C(=O)C(O)CCSC)CC2=O)c1. The molecule has 1 unspecified atom stereocenters. The van der Waals surface area contributed by atoms with Crippen LogP contribution in [0.1, 0.15) is 12.0 Å². The number of ether oxygens (including phenoxy) is 1. The maximum absolute atomic E-state index is 12.3. The van der Waals surface area contributed by atoms with Crippen molar-refractivity contribution in [3.05, 3.63) is 29.8 Å². The number of hydrogen-bond acceptors (Lipinski definition) is 5. The molecular weight excluding hydrogens is 328 g/mol. The molecule has 24 heavy (non-hydrogen) atoms. The third kappa shape index (κ3) is 4.88. The first kappa shape index (κ1) is 18.6. The molecule has 1 fully saturated rings. The van der Waals surface area contributed by atoms with Crippen LogP contribution in [0.2, 0.25) is 0 Å². The average molecular weight is 352 g/mol. The molecule has 6 nitrogen and oxygen atoms in total. The van der Waals surface area contributed by atoms with Crippen LogP contribution in [-0.2, 0) is 16.1 Å². The highest BCUT2D eigenvalue weighted by atomic mass is 32.2. The van der Waals surface area contributed by atoms with E-state index in [1.165, 1.54) is 4.90 Å². The van der Waals surface area contributed by atoms with Crippen molar-refractivity contribution in [3.8, 4) is 5.75 Å². The van der Waals surface area contributed by atoms with Crippen LogP contribution >= 0.6 is 11.8 Å². The largest absolute Gasteiger partial charge is 0.497 e. The van der Waals surface area contributed by atoms with Crippen LogP contribution < -0.4 is 4.74 Å². The molecule has 0 saturated carbocycles. The zero-order valence-corrected chi connectivity index (χ0v) is 14.9. The molecule has 0 radical (unpaired) electrons. The van der Waals surface area contributed by atoms with Gasteiger partial charge in [0.1, 0.15) is 11.9 Å². The normalized spacial score (nSPS) is 16.2. The minimum atomic E-state index is -1.02. The van der Waals surface area contributed by atoms with Crippen LogP contribution in [0.3, 0.4) is 0 Å². The van der Waals surface area contributed by atoms with Gasteiger partial charge in [0.25, 0.3) is 5.91 Å². The van der Waals surface area contributed by atoms with E-state index in [0.29, 0.717) is 26.1 Å². The summed E-state index contributed by atoms with van der Waals surface area (Å²) in [5.74, 6) is 1.02. The average Bonchev–Trinajstić information content (AvgIpc) is 2.60. The summed E-state index contributed by atoms with van der Waals surface area (Å²) in [6.45, 7) is 1.44. The molecule has 2 amide bonds. The Balaban J connectivity index is 1.90. The quantitative estimate of drug-likeness (QED) is 0.792. The zero-order chi connectivity index (χ0) is 17.5. The first-order valence-corrected chi connectivity index (χ1v) is 9.31. The number of carbonyl (C=O) groups excluding carboxylic acids is 2. The number of hydrogen-bond donors (Lipinski definition) is 1. The molecule has 1 heterocycles. The molecule has 1 aromatic carbocycles. The summed E-state index contributed by atoms with van der Waals surface area (Å²) in [6.07, 6.45) is 1.33. The fourth-order valence-electron chi connectivity index (χ4n) is 2.62. The van der Waals surface area contributed by atoms with E-state index >= 15 is 0 Å². The third-order valence-electron chi connectivity index (χ3n) is 4.02. The highest BCUT2D eigenvalue weighted by molar-refractivity contribution is 7.98. The monoisotopic (exact) mass is 352 g/mol. The molecule has 2 rings (SSSR count). The standard InChI is InChI=1S/C17H24N2O4S/c1-23-14-5-3-4-13(10-14)11-18-7-8-19(12-16(18)21)17(22)15(20)6-9-24-2/h3-5,10,15,20H,6-9,11-12H2,1-2H3. The van der Waals surface area contributed by atoms with Gasteiger partial charge in [-0.2, -0.15) is 11.8 Å². The molecule has 0 bridgehead atoms. The number of rotatable bonds is 7. The van der Waals surface area contributed by atoms with Crippen molar-refractivity contribution in [2.45, 2.75) is 19.1 Å². The van der Waals surface area contributed by atoms with Gasteiger partial charge in [-0.15, -0.1) is 0 Å². The Morgan fingerprint density at radius 3 is 2.88 bits per heavy atom. The van der Waals surface area contributed by atoms with Gasteiger partial charge in [-0.25, -0.2) is 0 Å². The molecule has 1 saturated heterocycles. The van der Waals surface area contributed by atoms with Crippen LogP contribution in [0.5, 0.6) is 5.75 Å². The molecule has 132 valence electrons. The number of piperazine rings is 1. The van der Waals surface area contributed by atoms with Gasteiger partial charge in [-0.05, 0) is 36.1 Å². The van der Waals surface area contributed by atoms with Crippen molar-refractivity contribution in [3.63, 3.8) is 0 Å². The summed E-state index contributed by atoms with van der Waals surface area (Å²) in [7, 11) is 1.61. The van der Waals surface area contributed by atoms with E-state index in [9.17, 15) is 14.7 Å². The van der Waals surface area contributed by atoms with E-state index in [-0.39, 0.29) is 18.4 Å². The minimum Gasteiger partial charge on any atom is -0.497 e. The van der Waals surface area contributed by atoms with Crippen molar-refractivity contribution in [1.82, 2.24) is 9.80 Å². The Bertz CT molecular complexity index is 581. The van der Waals surface area contributed by atoms with Crippen LogP contribution in [0, 0.1) is 0 Å². The fraction of sp³-hybridized carbons (Fsp3) is 0.529. The van der Waals surface area contributed by atoms with Crippen LogP contribution in [0.15, 0.2) is 24.3 Å². The first-order chi connectivity index (χ1) is 11.5. The maximum Gasteiger partial charge on any atom is 0.251 e. The third-order valence-corrected chi connectivity index (χ3v) is 4.66. The second-order valence-corrected chi connectivity index (χ2v) is 6.71. The molecule has 1 atom stereocenters. The molecule has 1 N–H and O–H groups in total. The summed E-state index contributed by atoms with van der Waals surface area (Å²) in [5.41, 5.74) is 0.988. The minimum absolute atomic E-state index is 0.0269. The van der Waals surface area contributed by atoms with Crippen LogP contribution in [0.4, 0.5) is 0 Å². The number of carbonyl (C=O) groups is 2. The van der Waals surface area contributed by atoms with E-state index in [4.69, 9.17) is 4.74 Å². The zero-order valence-electron chi connectivity index (χ0n) is 14.1.